The van der Waals surface area contributed by atoms with E-state index in [1.807, 2.05) is 29.0 Å². The molecule has 0 spiro atoms. The number of fused-ring (bicyclic) bond motifs is 12. The van der Waals surface area contributed by atoms with E-state index in [-0.39, 0.29) is 0 Å². The summed E-state index contributed by atoms with van der Waals surface area (Å²) in [5.74, 6) is 2.24. The van der Waals surface area contributed by atoms with E-state index in [1.54, 1.807) is 0 Å². The minimum Gasteiger partial charge on any atom is -0.458 e. The van der Waals surface area contributed by atoms with Crippen LogP contribution in [0.2, 0.25) is 0 Å². The first-order valence-corrected chi connectivity index (χ1v) is 25.3. The van der Waals surface area contributed by atoms with Crippen LogP contribution in [0.5, 0.6) is 11.5 Å². The molecule has 0 aliphatic carbocycles. The lowest BCUT2D eigenvalue weighted by molar-refractivity contribution is -0.599. The fourth-order valence-corrected chi connectivity index (χ4v) is 11.6. The average molecular weight is 961 g/mol. The second kappa shape index (κ2) is 17.2. The molecule has 5 aromatic heterocycles. The van der Waals surface area contributed by atoms with Crippen molar-refractivity contribution in [2.75, 3.05) is 0 Å². The van der Waals surface area contributed by atoms with Gasteiger partial charge in [-0.3, -0.25) is 13.7 Å². The summed E-state index contributed by atoms with van der Waals surface area (Å²) in [6.45, 7) is 0. The summed E-state index contributed by atoms with van der Waals surface area (Å²) < 4.78 is 18.4. The van der Waals surface area contributed by atoms with Crippen molar-refractivity contribution in [3.05, 3.63) is 274 Å². The van der Waals surface area contributed by atoms with Crippen LogP contribution in [0.25, 0.3) is 116 Å². The Morgan fingerprint density at radius 1 is 0.400 bits per heavy atom. The molecule has 0 N–H and O–H groups in total. The van der Waals surface area contributed by atoms with Crippen molar-refractivity contribution < 1.29 is 9.30 Å². The number of hydrogen-bond donors (Lipinski definition) is 0. The number of para-hydroxylation sites is 5. The van der Waals surface area contributed by atoms with Crippen LogP contribution in [0, 0.1) is 6.33 Å². The van der Waals surface area contributed by atoms with Crippen molar-refractivity contribution in [1.82, 2.24) is 23.3 Å². The molecular weight excluding hydrogens is 917 g/mol. The van der Waals surface area contributed by atoms with E-state index in [4.69, 9.17) is 9.72 Å². The molecule has 0 unspecified atom stereocenters. The molecule has 0 amide bonds. The minimum atomic E-state index is 0.706. The van der Waals surface area contributed by atoms with Crippen molar-refractivity contribution in [3.8, 4) is 62.3 Å². The lowest BCUT2D eigenvalue weighted by Gasteiger charge is -2.16. The van der Waals surface area contributed by atoms with Gasteiger partial charge in [0, 0.05) is 68.3 Å². The van der Waals surface area contributed by atoms with Crippen LogP contribution in [-0.4, -0.2) is 23.3 Å². The molecule has 0 radical (unpaired) electrons. The largest absolute Gasteiger partial charge is 0.458 e. The summed E-state index contributed by atoms with van der Waals surface area (Å²) in [6.07, 6.45) is 9.68. The molecule has 352 valence electrons. The number of rotatable bonds is 9. The molecule has 0 saturated heterocycles. The van der Waals surface area contributed by atoms with E-state index < -0.39 is 0 Å². The van der Waals surface area contributed by atoms with E-state index in [2.05, 4.69) is 268 Å². The second-order valence-corrected chi connectivity index (χ2v) is 18.9. The number of benzene rings is 10. The van der Waals surface area contributed by atoms with Gasteiger partial charge in [-0.2, -0.15) is 0 Å². The molecule has 0 saturated carbocycles. The summed E-state index contributed by atoms with van der Waals surface area (Å²) in [7, 11) is 0. The number of aromatic nitrogens is 6. The normalized spacial score (nSPS) is 11.7. The molecule has 0 atom stereocenters. The Labute approximate surface area is 431 Å². The van der Waals surface area contributed by atoms with Crippen molar-refractivity contribution in [2.24, 2.45) is 0 Å². The summed E-state index contributed by atoms with van der Waals surface area (Å²) in [5, 5.41) is 6.93. The third-order valence-corrected chi connectivity index (χ3v) is 14.7. The zero-order valence-corrected chi connectivity index (χ0v) is 40.5. The Hall–Kier alpha value is -10.2. The second-order valence-electron chi connectivity index (χ2n) is 18.9. The molecule has 7 heteroatoms. The molecular formula is C68H44N6O. The molecule has 5 heterocycles. The maximum absolute atomic E-state index is 6.94. The first-order valence-electron chi connectivity index (χ1n) is 25.3. The minimum absolute atomic E-state index is 0.706. The monoisotopic (exact) mass is 960 g/mol. The van der Waals surface area contributed by atoms with Crippen LogP contribution in [0.4, 0.5) is 0 Å². The molecule has 0 aliphatic rings. The Bertz CT molecular complexity index is 4590. The smallest absolute Gasteiger partial charge is 0.268 e. The van der Waals surface area contributed by atoms with Crippen LogP contribution in [-0.2, 0) is 0 Å². The van der Waals surface area contributed by atoms with Gasteiger partial charge in [0.2, 0.25) is 0 Å². The first-order chi connectivity index (χ1) is 37.2. The number of hydrogen-bond acceptors (Lipinski definition) is 2. The predicted molar refractivity (Wildman–Crippen MR) is 304 cm³/mol. The standard InChI is InChI=1S/C68H44N6O/c1-5-21-46(22-6-1)53-33-20-34-54(47-23-7-2-8-24-47)65(53)71-42-41-70(45-71)50-29-19-30-51(43-50)75-52-38-39-57-60(44-52)74(61-37-17-18-40-69-61)66-62(57)63-55-31-13-15-35-58(55)72(48-25-9-3-10-26-48)67(63)68-64(66)56-32-14-16-36-59(56)73(68)49-27-11-4-12-28-49/h1-44H. The molecule has 75 heavy (non-hydrogen) atoms. The summed E-state index contributed by atoms with van der Waals surface area (Å²) in [4.78, 5) is 5.10. The lowest BCUT2D eigenvalue weighted by Crippen LogP contribution is -2.28. The molecule has 10 aromatic carbocycles. The zero-order valence-electron chi connectivity index (χ0n) is 40.5. The van der Waals surface area contributed by atoms with Gasteiger partial charge in [-0.05, 0) is 101 Å². The van der Waals surface area contributed by atoms with Gasteiger partial charge in [0.1, 0.15) is 17.3 Å². The van der Waals surface area contributed by atoms with Crippen molar-refractivity contribution in [2.45, 2.75) is 0 Å². The number of imidazole rings is 1. The highest BCUT2D eigenvalue weighted by atomic mass is 16.5. The van der Waals surface area contributed by atoms with Gasteiger partial charge in [0.25, 0.3) is 6.33 Å². The van der Waals surface area contributed by atoms with E-state index in [9.17, 15) is 0 Å². The molecule has 15 rings (SSSR count). The van der Waals surface area contributed by atoms with Gasteiger partial charge in [0.05, 0.1) is 44.5 Å². The van der Waals surface area contributed by atoms with Crippen molar-refractivity contribution in [1.29, 1.82) is 0 Å². The number of pyridine rings is 1. The molecule has 7 nitrogen and oxygen atoms in total. The first kappa shape index (κ1) is 42.4. The SMILES string of the molecule is [c-]1n(-c2c(-c3ccccc3)cccc2-c2ccccc2)cc[n+]1-c1cccc(Oc2ccc3c4c5c6ccccc6n(-c6ccccc6)c5c5c(c6ccccc6n5-c5ccccc5)c4n(-c4ccccn4)c3c2)c1. The Morgan fingerprint density at radius 3 is 1.57 bits per heavy atom. The number of ether oxygens (including phenoxy) is 1. The molecule has 15 aromatic rings. The van der Waals surface area contributed by atoms with Gasteiger partial charge in [-0.15, -0.1) is 0 Å². The lowest BCUT2D eigenvalue weighted by atomic mass is 9.96. The van der Waals surface area contributed by atoms with Crippen LogP contribution in [0.1, 0.15) is 0 Å². The van der Waals surface area contributed by atoms with Gasteiger partial charge in [-0.1, -0.05) is 164 Å². The van der Waals surface area contributed by atoms with Crippen LogP contribution >= 0.6 is 0 Å². The van der Waals surface area contributed by atoms with E-state index in [0.29, 0.717) is 11.5 Å². The van der Waals surface area contributed by atoms with Crippen LogP contribution < -0.4 is 9.30 Å². The average Bonchev–Trinajstić information content (AvgIpc) is 4.27. The Morgan fingerprint density at radius 2 is 0.933 bits per heavy atom. The van der Waals surface area contributed by atoms with Gasteiger partial charge in [-0.25, -0.2) is 4.98 Å². The maximum atomic E-state index is 6.94. The fraction of sp³-hybridized carbons (Fsp3) is 0. The van der Waals surface area contributed by atoms with E-state index in [1.165, 1.54) is 10.8 Å². The topological polar surface area (TPSA) is 45.7 Å². The maximum Gasteiger partial charge on any atom is 0.268 e. The van der Waals surface area contributed by atoms with Crippen molar-refractivity contribution in [3.63, 3.8) is 0 Å². The van der Waals surface area contributed by atoms with Crippen molar-refractivity contribution >= 4 is 65.4 Å². The highest BCUT2D eigenvalue weighted by Gasteiger charge is 2.29. The summed E-state index contributed by atoms with van der Waals surface area (Å²) in [6, 6.07) is 87.7. The van der Waals surface area contributed by atoms with Gasteiger partial charge in [0.15, 0.2) is 0 Å². The highest BCUT2D eigenvalue weighted by molar-refractivity contribution is 6.40. The number of nitrogens with zero attached hydrogens (tertiary/aromatic N) is 6. The Kier molecular flexibility index (Phi) is 9.75. The third-order valence-electron chi connectivity index (χ3n) is 14.7. The predicted octanol–water partition coefficient (Wildman–Crippen LogP) is 16.4. The zero-order chi connectivity index (χ0) is 49.4. The van der Waals surface area contributed by atoms with Crippen LogP contribution in [0.3, 0.4) is 0 Å². The quantitative estimate of drug-likeness (QED) is 0.107. The molecule has 0 fully saturated rings. The highest BCUT2D eigenvalue weighted by Crippen LogP contribution is 2.50. The molecule has 0 aliphatic heterocycles. The van der Waals surface area contributed by atoms with Gasteiger partial charge >= 0.3 is 0 Å². The summed E-state index contributed by atoms with van der Waals surface area (Å²) in [5.41, 5.74) is 15.3. The Balaban J connectivity index is 0.942. The van der Waals surface area contributed by atoms with Crippen LogP contribution in [0.15, 0.2) is 267 Å². The summed E-state index contributed by atoms with van der Waals surface area (Å²) >= 11 is 0. The van der Waals surface area contributed by atoms with Gasteiger partial charge < -0.3 is 13.9 Å². The third kappa shape index (κ3) is 6.75. The fourth-order valence-electron chi connectivity index (χ4n) is 11.6. The van der Waals surface area contributed by atoms with E-state index in [0.717, 1.165) is 105 Å². The van der Waals surface area contributed by atoms with E-state index >= 15 is 0 Å². The molecule has 0 bridgehead atoms.